The minimum absolute atomic E-state index is 0.0348. The molecule has 0 aliphatic heterocycles. The summed E-state index contributed by atoms with van der Waals surface area (Å²) in [7, 11) is 0. The van der Waals surface area contributed by atoms with E-state index in [1.54, 1.807) is 24.3 Å². The summed E-state index contributed by atoms with van der Waals surface area (Å²) in [4.78, 5) is 128. The molecule has 0 saturated carbocycles. The third-order valence-corrected chi connectivity index (χ3v) is 10.4. The van der Waals surface area contributed by atoms with Crippen LogP contribution in [0.5, 0.6) is 0 Å². The molecule has 0 aromatic heterocycles. The number of rotatable bonds is 36. The molecule has 0 bridgehead atoms. The van der Waals surface area contributed by atoms with Gasteiger partial charge in [0.05, 0.1) is 39.3 Å². The monoisotopic (exact) mass is 973 g/mol. The first-order valence-corrected chi connectivity index (χ1v) is 22.0. The lowest BCUT2D eigenvalue weighted by atomic mass is 9.99. The van der Waals surface area contributed by atoms with Crippen molar-refractivity contribution in [2.75, 3.05) is 72.0 Å². The second kappa shape index (κ2) is 31.1. The lowest BCUT2D eigenvalue weighted by Gasteiger charge is -2.33. The number of carbonyl (C=O) groups is 10. The molecule has 4 amide bonds. The minimum Gasteiger partial charge on any atom is -0.480 e. The second-order valence-corrected chi connectivity index (χ2v) is 16.0. The van der Waals surface area contributed by atoms with Crippen molar-refractivity contribution in [2.24, 2.45) is 11.5 Å². The van der Waals surface area contributed by atoms with Gasteiger partial charge in [-0.05, 0) is 68.3 Å². The summed E-state index contributed by atoms with van der Waals surface area (Å²) in [6.07, 6.45) is 1.62. The van der Waals surface area contributed by atoms with Gasteiger partial charge in [-0.15, -0.1) is 0 Å². The van der Waals surface area contributed by atoms with Gasteiger partial charge < -0.3 is 63.4 Å². The standard InChI is InChI=1S/C44H63N9O16/c45-16-6-4-10-31(41(65)50-32(44(68)69)11-5-7-17-46)49-42(66)33(20-28-12-14-30(15-13-28)29-8-2-1-3-9-29)48-35(54)21-47-43(67)34(53(26-39(61)62)27-40(63)64)22-51(23-36(55)56)18-19-52(24-37(57)58)25-38(59)60/h1-3,8-9,12-15,31-34H,4-7,10-11,16-27,45-46H2,(H,47,67)(H,48,54)(H,49,66)(H,50,65)(H,55,56)(H,57,58)(H,59,60)(H,61,62)(H,63,64)(H,68,69)/t31-,32-,33-,34?/m0/s1. The zero-order valence-corrected chi connectivity index (χ0v) is 38.0. The first-order chi connectivity index (χ1) is 32.7. The molecule has 380 valence electrons. The molecule has 0 fully saturated rings. The van der Waals surface area contributed by atoms with Crippen molar-refractivity contribution >= 4 is 59.4 Å². The number of carboxylic acids is 6. The van der Waals surface area contributed by atoms with E-state index in [-0.39, 0.29) is 32.4 Å². The molecule has 0 radical (unpaired) electrons. The molecule has 25 nitrogen and oxygen atoms in total. The van der Waals surface area contributed by atoms with Crippen LogP contribution in [0.4, 0.5) is 0 Å². The number of unbranched alkanes of at least 4 members (excludes halogenated alkanes) is 2. The zero-order valence-electron chi connectivity index (χ0n) is 38.0. The van der Waals surface area contributed by atoms with E-state index in [0.717, 1.165) is 20.9 Å². The smallest absolute Gasteiger partial charge is 0.326 e. The predicted molar refractivity (Wildman–Crippen MR) is 244 cm³/mol. The highest BCUT2D eigenvalue weighted by Gasteiger charge is 2.34. The van der Waals surface area contributed by atoms with Gasteiger partial charge in [-0.2, -0.15) is 0 Å². The molecule has 2 aromatic carbocycles. The van der Waals surface area contributed by atoms with Crippen molar-refractivity contribution in [1.82, 2.24) is 36.0 Å². The molecule has 4 atom stereocenters. The summed E-state index contributed by atoms with van der Waals surface area (Å²) in [5.74, 6) is -12.6. The number of nitrogens with one attached hydrogen (secondary N) is 4. The number of nitrogens with two attached hydrogens (primary N) is 2. The molecule has 1 unspecified atom stereocenters. The Hall–Kier alpha value is -7.06. The normalized spacial score (nSPS) is 12.9. The van der Waals surface area contributed by atoms with Crippen molar-refractivity contribution in [1.29, 1.82) is 0 Å². The fourth-order valence-corrected chi connectivity index (χ4v) is 7.03. The SMILES string of the molecule is NCCCC[C@H](NC(=O)[C@H](CCCCN)NC(=O)[C@H](Cc1ccc(-c2ccccc2)cc1)NC(=O)CNC(=O)C(CN(CCN(CC(=O)O)CC(=O)O)CC(=O)O)N(CC(=O)O)CC(=O)O)C(=O)O. The van der Waals surface area contributed by atoms with Gasteiger partial charge in [-0.25, -0.2) is 4.79 Å². The maximum absolute atomic E-state index is 14.1. The Morgan fingerprint density at radius 1 is 0.507 bits per heavy atom. The summed E-state index contributed by atoms with van der Waals surface area (Å²) < 4.78 is 0. The van der Waals surface area contributed by atoms with Crippen LogP contribution in [0.2, 0.25) is 0 Å². The molecule has 0 aliphatic carbocycles. The van der Waals surface area contributed by atoms with Crippen LogP contribution in [0, 0.1) is 0 Å². The van der Waals surface area contributed by atoms with Crippen molar-refractivity contribution in [3.05, 3.63) is 60.2 Å². The van der Waals surface area contributed by atoms with Gasteiger partial charge in [-0.3, -0.25) is 57.9 Å². The van der Waals surface area contributed by atoms with Gasteiger partial charge in [0, 0.05) is 26.1 Å². The average molecular weight is 974 g/mol. The highest BCUT2D eigenvalue weighted by atomic mass is 16.4. The Morgan fingerprint density at radius 2 is 0.971 bits per heavy atom. The average Bonchev–Trinajstić information content (AvgIpc) is 3.27. The van der Waals surface area contributed by atoms with Crippen molar-refractivity contribution in [3.8, 4) is 11.1 Å². The van der Waals surface area contributed by atoms with Crippen LogP contribution in [-0.2, 0) is 54.4 Å². The summed E-state index contributed by atoms with van der Waals surface area (Å²) in [6.45, 7) is -6.34. The Labute approximate surface area is 397 Å². The fourth-order valence-electron chi connectivity index (χ4n) is 7.03. The van der Waals surface area contributed by atoms with Crippen LogP contribution >= 0.6 is 0 Å². The van der Waals surface area contributed by atoms with Crippen molar-refractivity contribution in [3.63, 3.8) is 0 Å². The van der Waals surface area contributed by atoms with Gasteiger partial charge in [0.25, 0.3) is 0 Å². The Morgan fingerprint density at radius 3 is 1.48 bits per heavy atom. The van der Waals surface area contributed by atoms with E-state index in [0.29, 0.717) is 42.7 Å². The molecule has 0 aliphatic rings. The highest BCUT2D eigenvalue weighted by molar-refractivity contribution is 5.95. The summed E-state index contributed by atoms with van der Waals surface area (Å²) in [5.41, 5.74) is 13.5. The van der Waals surface area contributed by atoms with Crippen molar-refractivity contribution < 1.29 is 78.6 Å². The van der Waals surface area contributed by atoms with E-state index in [1.165, 1.54) is 0 Å². The molecule has 14 N–H and O–H groups in total. The number of hydrogen-bond donors (Lipinski definition) is 12. The van der Waals surface area contributed by atoms with Crippen LogP contribution in [0.1, 0.15) is 44.1 Å². The Kier molecular flexibility index (Phi) is 26.1. The summed E-state index contributed by atoms with van der Waals surface area (Å²) >= 11 is 0. The van der Waals surface area contributed by atoms with Gasteiger partial charge in [0.1, 0.15) is 24.2 Å². The third kappa shape index (κ3) is 23.5. The molecule has 0 heterocycles. The Bertz CT molecular complexity index is 2010. The predicted octanol–water partition coefficient (Wildman–Crippen LogP) is -2.49. The quantitative estimate of drug-likeness (QED) is 0.0314. The number of nitrogens with zero attached hydrogens (tertiary/aromatic N) is 3. The number of hydrogen-bond acceptors (Lipinski definition) is 15. The third-order valence-electron chi connectivity index (χ3n) is 10.4. The number of amides is 4. The van der Waals surface area contributed by atoms with Crippen LogP contribution in [0.3, 0.4) is 0 Å². The zero-order chi connectivity index (χ0) is 51.5. The van der Waals surface area contributed by atoms with E-state index in [9.17, 15) is 78.6 Å². The van der Waals surface area contributed by atoms with E-state index in [2.05, 4.69) is 21.3 Å². The molecular weight excluding hydrogens is 911 g/mol. The Balaban J connectivity index is 2.48. The van der Waals surface area contributed by atoms with E-state index < -0.39 is 136 Å². The summed E-state index contributed by atoms with van der Waals surface area (Å²) in [5, 5.41) is 67.1. The maximum Gasteiger partial charge on any atom is 0.326 e. The van der Waals surface area contributed by atoms with E-state index >= 15 is 0 Å². The molecule has 2 aromatic rings. The number of aliphatic carboxylic acids is 6. The molecule has 69 heavy (non-hydrogen) atoms. The van der Waals surface area contributed by atoms with Gasteiger partial charge in [-0.1, -0.05) is 54.6 Å². The molecule has 0 spiro atoms. The lowest BCUT2D eigenvalue weighted by molar-refractivity contribution is -0.146. The maximum atomic E-state index is 14.1. The second-order valence-electron chi connectivity index (χ2n) is 16.0. The molecule has 25 heteroatoms. The first-order valence-electron chi connectivity index (χ1n) is 22.0. The van der Waals surface area contributed by atoms with Crippen LogP contribution < -0.4 is 32.7 Å². The lowest BCUT2D eigenvalue weighted by Crippen LogP contribution is -2.58. The van der Waals surface area contributed by atoms with Crippen molar-refractivity contribution in [2.45, 2.75) is 69.1 Å². The van der Waals surface area contributed by atoms with Crippen LogP contribution in [0.25, 0.3) is 11.1 Å². The van der Waals surface area contributed by atoms with Gasteiger partial charge in [0.15, 0.2) is 0 Å². The minimum atomic E-state index is -1.79. The largest absolute Gasteiger partial charge is 0.480 e. The van der Waals surface area contributed by atoms with Crippen LogP contribution in [0.15, 0.2) is 54.6 Å². The highest BCUT2D eigenvalue weighted by Crippen LogP contribution is 2.20. The number of carboxylic acid groups (broad SMARTS) is 6. The van der Waals surface area contributed by atoms with Crippen LogP contribution in [-0.4, -0.2) is 201 Å². The molecule has 0 saturated heterocycles. The van der Waals surface area contributed by atoms with E-state index in [4.69, 9.17) is 11.5 Å². The van der Waals surface area contributed by atoms with Gasteiger partial charge >= 0.3 is 35.8 Å². The summed E-state index contributed by atoms with van der Waals surface area (Å²) in [6, 6.07) is 10.5. The number of carbonyl (C=O) groups excluding carboxylic acids is 4. The molecule has 2 rings (SSSR count). The molecular formula is C44H63N9O16. The number of benzene rings is 2. The van der Waals surface area contributed by atoms with E-state index in [1.807, 2.05) is 30.3 Å². The fraction of sp³-hybridized carbons (Fsp3) is 0.500. The first kappa shape index (κ1) is 58.1. The van der Waals surface area contributed by atoms with Gasteiger partial charge in [0.2, 0.25) is 23.6 Å². The topological polar surface area (TPSA) is 402 Å².